The summed E-state index contributed by atoms with van der Waals surface area (Å²) in [5.41, 5.74) is 10.6. The van der Waals surface area contributed by atoms with E-state index in [4.69, 9.17) is 18.0 Å². The zero-order valence-electron chi connectivity index (χ0n) is 11.3. The van der Waals surface area contributed by atoms with E-state index in [1.54, 1.807) is 0 Å². The SMILES string of the molecule is Cc1cc(C(C)C)c(NC(N)=S)c(C(C)C)c1. The van der Waals surface area contributed by atoms with Crippen LogP contribution in [0.25, 0.3) is 0 Å². The lowest BCUT2D eigenvalue weighted by Crippen LogP contribution is -2.21. The molecule has 0 amide bonds. The minimum absolute atomic E-state index is 0.331. The smallest absolute Gasteiger partial charge is 0.168 e. The highest BCUT2D eigenvalue weighted by Crippen LogP contribution is 2.33. The van der Waals surface area contributed by atoms with Gasteiger partial charge < -0.3 is 11.1 Å². The van der Waals surface area contributed by atoms with E-state index in [0.29, 0.717) is 16.9 Å². The Morgan fingerprint density at radius 1 is 1.12 bits per heavy atom. The van der Waals surface area contributed by atoms with Crippen LogP contribution in [0.4, 0.5) is 5.69 Å². The molecule has 0 aliphatic heterocycles. The highest BCUT2D eigenvalue weighted by Gasteiger charge is 2.15. The monoisotopic (exact) mass is 250 g/mol. The number of nitrogens with one attached hydrogen (secondary N) is 1. The number of benzene rings is 1. The Kier molecular flexibility index (Phi) is 4.52. The molecule has 0 saturated heterocycles. The number of hydrogen-bond acceptors (Lipinski definition) is 1. The van der Waals surface area contributed by atoms with Gasteiger partial charge in [-0.2, -0.15) is 0 Å². The van der Waals surface area contributed by atoms with Crippen molar-refractivity contribution in [2.24, 2.45) is 5.73 Å². The molecule has 0 spiro atoms. The van der Waals surface area contributed by atoms with Crippen molar-refractivity contribution in [2.75, 3.05) is 5.32 Å². The molecule has 0 aliphatic rings. The number of thiocarbonyl (C=S) groups is 1. The second kappa shape index (κ2) is 5.50. The van der Waals surface area contributed by atoms with Gasteiger partial charge in [-0.05, 0) is 42.1 Å². The summed E-state index contributed by atoms with van der Waals surface area (Å²) in [5.74, 6) is 0.897. The Balaban J connectivity index is 3.41. The predicted molar refractivity (Wildman–Crippen MR) is 79.8 cm³/mol. The molecule has 0 fully saturated rings. The first kappa shape index (κ1) is 14.0. The first-order valence-electron chi connectivity index (χ1n) is 6.03. The fourth-order valence-corrected chi connectivity index (χ4v) is 2.12. The number of nitrogens with two attached hydrogens (primary N) is 1. The predicted octanol–water partition coefficient (Wildman–Crippen LogP) is 3.90. The molecule has 1 aromatic carbocycles. The lowest BCUT2D eigenvalue weighted by atomic mass is 9.90. The van der Waals surface area contributed by atoms with Crippen LogP contribution >= 0.6 is 12.2 Å². The Morgan fingerprint density at radius 2 is 1.53 bits per heavy atom. The highest BCUT2D eigenvalue weighted by atomic mass is 32.1. The molecule has 0 aliphatic carbocycles. The third-order valence-corrected chi connectivity index (χ3v) is 2.94. The van der Waals surface area contributed by atoms with Crippen molar-refractivity contribution in [3.8, 4) is 0 Å². The summed E-state index contributed by atoms with van der Waals surface area (Å²) in [5, 5.41) is 3.47. The molecule has 3 heteroatoms. The fraction of sp³-hybridized carbons (Fsp3) is 0.500. The second-order valence-electron chi connectivity index (χ2n) is 5.12. The molecular weight excluding hydrogens is 228 g/mol. The van der Waals surface area contributed by atoms with Gasteiger partial charge in [-0.1, -0.05) is 45.4 Å². The minimum Gasteiger partial charge on any atom is -0.376 e. The Morgan fingerprint density at radius 3 is 1.82 bits per heavy atom. The largest absolute Gasteiger partial charge is 0.376 e. The molecular formula is C14H22N2S. The zero-order chi connectivity index (χ0) is 13.2. The zero-order valence-corrected chi connectivity index (χ0v) is 12.1. The van der Waals surface area contributed by atoms with Gasteiger partial charge in [0.15, 0.2) is 5.11 Å². The van der Waals surface area contributed by atoms with Crippen LogP contribution in [0.2, 0.25) is 0 Å². The summed E-state index contributed by atoms with van der Waals surface area (Å²) in [4.78, 5) is 0. The Labute approximate surface area is 110 Å². The van der Waals surface area contributed by atoms with Gasteiger partial charge in [0.1, 0.15) is 0 Å². The molecule has 0 radical (unpaired) electrons. The maximum absolute atomic E-state index is 5.62. The Hall–Kier alpha value is -1.09. The van der Waals surface area contributed by atoms with Crippen molar-refractivity contribution in [2.45, 2.75) is 46.5 Å². The molecule has 94 valence electrons. The first-order valence-corrected chi connectivity index (χ1v) is 6.44. The standard InChI is InChI=1S/C14H22N2S/c1-8(2)11-6-10(5)7-12(9(3)4)13(11)16-14(15)17/h6-9H,1-5H3,(H3,15,16,17). The summed E-state index contributed by atoms with van der Waals surface area (Å²) in [6, 6.07) is 4.41. The van der Waals surface area contributed by atoms with E-state index >= 15 is 0 Å². The van der Waals surface area contributed by atoms with Crippen LogP contribution in [0.3, 0.4) is 0 Å². The topological polar surface area (TPSA) is 38.0 Å². The van der Waals surface area contributed by atoms with E-state index < -0.39 is 0 Å². The van der Waals surface area contributed by atoms with Gasteiger partial charge in [-0.25, -0.2) is 0 Å². The van der Waals surface area contributed by atoms with Gasteiger partial charge >= 0.3 is 0 Å². The van der Waals surface area contributed by atoms with Crippen molar-refractivity contribution in [1.82, 2.24) is 0 Å². The van der Waals surface area contributed by atoms with Crippen molar-refractivity contribution >= 4 is 23.0 Å². The molecule has 0 aromatic heterocycles. The summed E-state index contributed by atoms with van der Waals surface area (Å²) in [6.07, 6.45) is 0. The summed E-state index contributed by atoms with van der Waals surface area (Å²) in [6.45, 7) is 10.9. The minimum atomic E-state index is 0.331. The van der Waals surface area contributed by atoms with E-state index in [9.17, 15) is 0 Å². The maximum atomic E-state index is 5.62. The molecule has 0 bridgehead atoms. The summed E-state index contributed by atoms with van der Waals surface area (Å²) < 4.78 is 0. The average Bonchev–Trinajstić information content (AvgIpc) is 2.18. The van der Waals surface area contributed by atoms with Crippen molar-refractivity contribution < 1.29 is 0 Å². The van der Waals surface area contributed by atoms with E-state index in [1.165, 1.54) is 16.7 Å². The quantitative estimate of drug-likeness (QED) is 0.799. The highest BCUT2D eigenvalue weighted by molar-refractivity contribution is 7.80. The van der Waals surface area contributed by atoms with Crippen LogP contribution in [0.1, 0.15) is 56.2 Å². The van der Waals surface area contributed by atoms with Crippen LogP contribution in [-0.4, -0.2) is 5.11 Å². The first-order chi connectivity index (χ1) is 7.82. The van der Waals surface area contributed by atoms with Crippen molar-refractivity contribution in [1.29, 1.82) is 0 Å². The van der Waals surface area contributed by atoms with E-state index in [2.05, 4.69) is 52.1 Å². The van der Waals surface area contributed by atoms with Crippen LogP contribution in [0.15, 0.2) is 12.1 Å². The maximum Gasteiger partial charge on any atom is 0.168 e. The lowest BCUT2D eigenvalue weighted by molar-refractivity contribution is 0.836. The van der Waals surface area contributed by atoms with Gasteiger partial charge in [0.05, 0.1) is 0 Å². The molecule has 0 unspecified atom stereocenters. The van der Waals surface area contributed by atoms with Crippen LogP contribution < -0.4 is 11.1 Å². The molecule has 0 atom stereocenters. The van der Waals surface area contributed by atoms with Crippen LogP contribution in [0.5, 0.6) is 0 Å². The Bertz CT molecular complexity index is 393. The molecule has 2 nitrogen and oxygen atoms in total. The van der Waals surface area contributed by atoms with Gasteiger partial charge in [-0.3, -0.25) is 0 Å². The van der Waals surface area contributed by atoms with Crippen molar-refractivity contribution in [3.63, 3.8) is 0 Å². The normalized spacial score (nSPS) is 11.0. The van der Waals surface area contributed by atoms with Gasteiger partial charge in [-0.15, -0.1) is 0 Å². The number of rotatable bonds is 3. The molecule has 0 heterocycles. The fourth-order valence-electron chi connectivity index (χ4n) is 2.02. The van der Waals surface area contributed by atoms with E-state index in [-0.39, 0.29) is 0 Å². The molecule has 17 heavy (non-hydrogen) atoms. The third-order valence-electron chi connectivity index (χ3n) is 2.84. The lowest BCUT2D eigenvalue weighted by Gasteiger charge is -2.21. The van der Waals surface area contributed by atoms with E-state index in [1.807, 2.05) is 0 Å². The van der Waals surface area contributed by atoms with Crippen molar-refractivity contribution in [3.05, 3.63) is 28.8 Å². The van der Waals surface area contributed by atoms with Gasteiger partial charge in [0, 0.05) is 5.69 Å². The van der Waals surface area contributed by atoms with Crippen LogP contribution in [0, 0.1) is 6.92 Å². The molecule has 1 rings (SSSR count). The average molecular weight is 250 g/mol. The molecule has 0 saturated carbocycles. The van der Waals surface area contributed by atoms with Gasteiger partial charge in [0.2, 0.25) is 0 Å². The number of hydrogen-bond donors (Lipinski definition) is 2. The summed E-state index contributed by atoms with van der Waals surface area (Å²) in [7, 11) is 0. The second-order valence-corrected chi connectivity index (χ2v) is 5.56. The number of aryl methyl sites for hydroxylation is 1. The van der Waals surface area contributed by atoms with E-state index in [0.717, 1.165) is 5.69 Å². The van der Waals surface area contributed by atoms with Crippen LogP contribution in [-0.2, 0) is 0 Å². The number of anilines is 1. The van der Waals surface area contributed by atoms with Gasteiger partial charge in [0.25, 0.3) is 0 Å². The third kappa shape index (κ3) is 3.43. The summed E-state index contributed by atoms with van der Waals surface area (Å²) >= 11 is 4.97. The molecule has 3 N–H and O–H groups in total. The molecule has 1 aromatic rings.